The molecular weight excluding hydrogens is 448 g/mol. The lowest BCUT2D eigenvalue weighted by atomic mass is 9.91. The number of hydroxylamine groups is 1. The molecule has 2 aliphatic rings. The van der Waals surface area contributed by atoms with Crippen LogP contribution in [0.5, 0.6) is 5.75 Å². The summed E-state index contributed by atoms with van der Waals surface area (Å²) in [6.45, 7) is 0.567. The van der Waals surface area contributed by atoms with Crippen molar-refractivity contribution in [3.8, 4) is 5.75 Å². The predicted octanol–water partition coefficient (Wildman–Crippen LogP) is 1.89. The Balaban J connectivity index is 1.61. The molecule has 2 fully saturated rings. The molecule has 2 aliphatic heterocycles. The molecule has 2 aromatic rings. The number of methoxy groups -OCH3 is 1. The van der Waals surface area contributed by atoms with Gasteiger partial charge in [0.2, 0.25) is 10.0 Å². The molecule has 0 bridgehead atoms. The van der Waals surface area contributed by atoms with Gasteiger partial charge in [0.1, 0.15) is 11.8 Å². The van der Waals surface area contributed by atoms with Gasteiger partial charge in [-0.25, -0.2) is 18.7 Å². The number of nitrogens with zero attached hydrogens (tertiary/aromatic N) is 2. The quantitative estimate of drug-likeness (QED) is 0.448. The Morgan fingerprint density at radius 1 is 1.09 bits per heavy atom. The summed E-state index contributed by atoms with van der Waals surface area (Å²) in [5.74, 6) is -0.415. The second-order valence-corrected chi connectivity index (χ2v) is 9.94. The van der Waals surface area contributed by atoms with Crippen molar-refractivity contribution in [1.29, 1.82) is 0 Å². The molecule has 2 heterocycles. The maximum Gasteiger partial charge on any atom is 0.321 e. The number of anilines is 1. The molecule has 0 radical (unpaired) electrons. The van der Waals surface area contributed by atoms with Crippen LogP contribution in [0.1, 0.15) is 12.8 Å². The Morgan fingerprint density at radius 2 is 1.79 bits per heavy atom. The summed E-state index contributed by atoms with van der Waals surface area (Å²) in [6.07, 6.45) is 0.803. The van der Waals surface area contributed by atoms with Crippen LogP contribution < -0.4 is 15.5 Å². The number of sulfonamides is 1. The number of likely N-dealkylation sites (tertiary alicyclic amines) is 1. The third kappa shape index (κ3) is 4.52. The number of rotatable bonds is 5. The number of hydrogen-bond acceptors (Lipinski definition) is 6. The molecule has 4 rings (SSSR count). The highest BCUT2D eigenvalue weighted by atomic mass is 32.2. The maximum absolute atomic E-state index is 13.6. The fourth-order valence-corrected chi connectivity index (χ4v) is 6.42. The van der Waals surface area contributed by atoms with Crippen LogP contribution >= 0.6 is 0 Å². The van der Waals surface area contributed by atoms with Crippen LogP contribution in [0.2, 0.25) is 0 Å². The zero-order valence-corrected chi connectivity index (χ0v) is 18.9. The van der Waals surface area contributed by atoms with E-state index in [9.17, 15) is 23.2 Å². The average Bonchev–Trinajstić information content (AvgIpc) is 3.24. The van der Waals surface area contributed by atoms with E-state index in [1.807, 2.05) is 6.07 Å². The first-order chi connectivity index (χ1) is 15.8. The Labute approximate surface area is 192 Å². The van der Waals surface area contributed by atoms with Gasteiger partial charge >= 0.3 is 6.03 Å². The maximum atomic E-state index is 13.6. The fraction of sp³-hybridized carbons (Fsp3) is 0.364. The summed E-state index contributed by atoms with van der Waals surface area (Å²) in [5.41, 5.74) is 2.23. The van der Waals surface area contributed by atoms with Gasteiger partial charge in [0, 0.05) is 24.8 Å². The molecule has 176 valence electrons. The summed E-state index contributed by atoms with van der Waals surface area (Å²) in [4.78, 5) is 26.8. The predicted molar refractivity (Wildman–Crippen MR) is 119 cm³/mol. The van der Waals surface area contributed by atoms with Crippen molar-refractivity contribution in [3.05, 3.63) is 54.6 Å². The number of para-hydroxylation sites is 1. The molecule has 2 saturated heterocycles. The first-order valence-electron chi connectivity index (χ1n) is 10.6. The van der Waals surface area contributed by atoms with Crippen LogP contribution in [-0.2, 0) is 14.8 Å². The van der Waals surface area contributed by atoms with Crippen LogP contribution in [-0.4, -0.2) is 67.1 Å². The molecule has 3 atom stereocenters. The van der Waals surface area contributed by atoms with Crippen molar-refractivity contribution in [2.45, 2.75) is 29.8 Å². The highest BCUT2D eigenvalue weighted by Gasteiger charge is 2.52. The van der Waals surface area contributed by atoms with Gasteiger partial charge in [0.15, 0.2) is 0 Å². The first kappa shape index (κ1) is 23.0. The van der Waals surface area contributed by atoms with E-state index in [1.54, 1.807) is 34.6 Å². The number of carbonyl (C=O) groups is 2. The van der Waals surface area contributed by atoms with Gasteiger partial charge in [-0.2, -0.15) is 4.31 Å². The lowest BCUT2D eigenvalue weighted by Gasteiger charge is -2.38. The Bertz CT molecular complexity index is 1110. The van der Waals surface area contributed by atoms with E-state index >= 15 is 0 Å². The van der Waals surface area contributed by atoms with Gasteiger partial charge in [0.05, 0.1) is 12.0 Å². The monoisotopic (exact) mass is 474 g/mol. The van der Waals surface area contributed by atoms with E-state index in [-0.39, 0.29) is 29.8 Å². The number of piperidine rings is 1. The zero-order chi connectivity index (χ0) is 23.6. The molecule has 0 aromatic heterocycles. The Morgan fingerprint density at radius 3 is 2.42 bits per heavy atom. The number of amides is 3. The van der Waals surface area contributed by atoms with E-state index in [2.05, 4.69) is 5.32 Å². The number of carbonyl (C=O) groups excluding carboxylic acids is 2. The number of hydrogen-bond donors (Lipinski definition) is 3. The third-order valence-electron chi connectivity index (χ3n) is 6.24. The van der Waals surface area contributed by atoms with Crippen LogP contribution in [0.15, 0.2) is 59.5 Å². The summed E-state index contributed by atoms with van der Waals surface area (Å²) >= 11 is 0. The van der Waals surface area contributed by atoms with E-state index in [0.717, 1.165) is 4.31 Å². The summed E-state index contributed by atoms with van der Waals surface area (Å²) < 4.78 is 33.4. The number of urea groups is 1. The molecule has 2 aromatic carbocycles. The largest absolute Gasteiger partial charge is 0.497 e. The normalized spacial score (nSPS) is 23.0. The van der Waals surface area contributed by atoms with E-state index in [4.69, 9.17) is 4.74 Å². The molecule has 3 unspecified atom stereocenters. The molecule has 10 nitrogen and oxygen atoms in total. The van der Waals surface area contributed by atoms with Crippen LogP contribution in [0.4, 0.5) is 10.5 Å². The molecule has 3 N–H and O–H groups in total. The van der Waals surface area contributed by atoms with Crippen molar-refractivity contribution in [3.63, 3.8) is 0 Å². The second-order valence-electron chi connectivity index (χ2n) is 8.10. The smallest absolute Gasteiger partial charge is 0.321 e. The van der Waals surface area contributed by atoms with E-state index < -0.39 is 28.0 Å². The van der Waals surface area contributed by atoms with Gasteiger partial charge in [0.25, 0.3) is 5.91 Å². The van der Waals surface area contributed by atoms with Crippen LogP contribution in [0.25, 0.3) is 0 Å². The lowest BCUT2D eigenvalue weighted by Crippen LogP contribution is -2.55. The van der Waals surface area contributed by atoms with Crippen LogP contribution in [0, 0.1) is 5.92 Å². The SMILES string of the molecule is COc1ccc(S(=O)(=O)N2C(C(=O)NO)CC3CCN(C(=O)Nc4ccccc4)CC32)cc1. The molecule has 0 aliphatic carbocycles. The van der Waals surface area contributed by atoms with Crippen molar-refractivity contribution >= 4 is 27.6 Å². The van der Waals surface area contributed by atoms with Crippen LogP contribution in [0.3, 0.4) is 0 Å². The van der Waals surface area contributed by atoms with Crippen molar-refractivity contribution in [2.24, 2.45) is 5.92 Å². The average molecular weight is 475 g/mol. The van der Waals surface area contributed by atoms with Gasteiger partial charge in [-0.15, -0.1) is 0 Å². The lowest BCUT2D eigenvalue weighted by molar-refractivity contribution is -0.132. The minimum atomic E-state index is -4.10. The standard InChI is InChI=1S/C22H26N4O6S/c1-32-17-7-9-18(10-8-17)33(30,31)26-19(21(27)24-29)13-15-11-12-25(14-20(15)26)22(28)23-16-5-3-2-4-6-16/h2-10,15,19-20,29H,11-14H2,1H3,(H,23,28)(H,24,27). The second kappa shape index (κ2) is 9.38. The number of benzene rings is 2. The highest BCUT2D eigenvalue weighted by molar-refractivity contribution is 7.89. The van der Waals surface area contributed by atoms with Crippen molar-refractivity contribution in [1.82, 2.24) is 14.7 Å². The molecule has 33 heavy (non-hydrogen) atoms. The number of fused-ring (bicyclic) bond motifs is 1. The summed E-state index contributed by atoms with van der Waals surface area (Å²) in [5, 5.41) is 12.1. The first-order valence-corrected chi connectivity index (χ1v) is 12.0. The van der Waals surface area contributed by atoms with Gasteiger partial charge < -0.3 is 15.0 Å². The molecular formula is C22H26N4O6S. The van der Waals surface area contributed by atoms with Gasteiger partial charge in [-0.1, -0.05) is 18.2 Å². The topological polar surface area (TPSA) is 128 Å². The summed E-state index contributed by atoms with van der Waals surface area (Å²) in [6, 6.07) is 12.9. The molecule has 0 saturated carbocycles. The van der Waals surface area contributed by atoms with Gasteiger partial charge in [-0.3, -0.25) is 10.0 Å². The van der Waals surface area contributed by atoms with E-state index in [1.165, 1.54) is 31.4 Å². The minimum Gasteiger partial charge on any atom is -0.497 e. The zero-order valence-electron chi connectivity index (χ0n) is 18.0. The van der Waals surface area contributed by atoms with Crippen molar-refractivity contribution in [2.75, 3.05) is 25.5 Å². The molecule has 11 heteroatoms. The fourth-order valence-electron chi connectivity index (χ4n) is 4.59. The minimum absolute atomic E-state index is 0.00514. The Kier molecular flexibility index (Phi) is 6.54. The number of ether oxygens (including phenoxy) is 1. The number of nitrogens with one attached hydrogen (secondary N) is 2. The highest BCUT2D eigenvalue weighted by Crippen LogP contribution is 2.40. The third-order valence-corrected chi connectivity index (χ3v) is 8.19. The summed E-state index contributed by atoms with van der Waals surface area (Å²) in [7, 11) is -2.62. The molecule has 3 amide bonds. The Hall–Kier alpha value is -3.15. The van der Waals surface area contributed by atoms with Crippen molar-refractivity contribution < 1.29 is 28.0 Å². The van der Waals surface area contributed by atoms with E-state index in [0.29, 0.717) is 24.4 Å². The van der Waals surface area contributed by atoms with Gasteiger partial charge in [-0.05, 0) is 55.2 Å². The molecule has 0 spiro atoms.